The number of ether oxygens (including phenoxy) is 1. The molecule has 1 aromatic carbocycles. The number of rotatable bonds is 3. The summed E-state index contributed by atoms with van der Waals surface area (Å²) in [5.74, 6) is 1.70. The van der Waals surface area contributed by atoms with Gasteiger partial charge in [0.15, 0.2) is 17.7 Å². The number of fused-ring (bicyclic) bond motifs is 3. The van der Waals surface area contributed by atoms with E-state index in [0.29, 0.717) is 29.4 Å². The maximum atomic E-state index is 10.3. The highest BCUT2D eigenvalue weighted by Crippen LogP contribution is 2.51. The van der Waals surface area contributed by atoms with Gasteiger partial charge in [-0.3, -0.25) is 0 Å². The van der Waals surface area contributed by atoms with Crippen molar-refractivity contribution in [3.05, 3.63) is 30.3 Å². The van der Waals surface area contributed by atoms with E-state index in [-0.39, 0.29) is 12.1 Å². The number of hydrogen-bond acceptors (Lipinski definition) is 6. The number of aromatic nitrogens is 2. The summed E-state index contributed by atoms with van der Waals surface area (Å²) in [6.07, 6.45) is 3.42. The maximum Gasteiger partial charge on any atom is 0.260 e. The highest BCUT2D eigenvalue weighted by molar-refractivity contribution is 5.68. The average molecular weight is 325 g/mol. The first-order valence-electron chi connectivity index (χ1n) is 8.47. The first-order chi connectivity index (χ1) is 11.8. The van der Waals surface area contributed by atoms with Crippen molar-refractivity contribution in [2.75, 3.05) is 11.9 Å². The molecule has 1 saturated heterocycles. The van der Waals surface area contributed by atoms with Gasteiger partial charge in [-0.15, -0.1) is 10.2 Å². The predicted molar refractivity (Wildman–Crippen MR) is 87.7 cm³/mol. The summed E-state index contributed by atoms with van der Waals surface area (Å²) in [5.41, 5.74) is 1.12. The van der Waals surface area contributed by atoms with Crippen molar-refractivity contribution < 1.29 is 9.84 Å². The monoisotopic (exact) mass is 325 g/mol. The molecule has 0 radical (unpaired) electrons. The zero-order valence-electron chi connectivity index (χ0n) is 13.2. The Bertz CT molecular complexity index is 784. The SMILES string of the molecule is Oc1nn2c(c1/N=N/c1ccccc1)NC(C1CC1)C1CCOC12. The average Bonchev–Trinajstić information content (AvgIpc) is 3.23. The topological polar surface area (TPSA) is 84.0 Å². The lowest BCUT2D eigenvalue weighted by atomic mass is 9.91. The third-order valence-corrected chi connectivity index (χ3v) is 5.13. The van der Waals surface area contributed by atoms with Crippen molar-refractivity contribution in [3.63, 3.8) is 0 Å². The van der Waals surface area contributed by atoms with E-state index in [2.05, 4.69) is 20.6 Å². The van der Waals surface area contributed by atoms with Crippen LogP contribution in [0.15, 0.2) is 40.6 Å². The van der Waals surface area contributed by atoms with Crippen molar-refractivity contribution in [3.8, 4) is 5.88 Å². The smallest absolute Gasteiger partial charge is 0.260 e. The Hall–Kier alpha value is -2.41. The Morgan fingerprint density at radius 2 is 2.00 bits per heavy atom. The minimum atomic E-state index is -0.113. The highest BCUT2D eigenvalue weighted by Gasteiger charge is 2.48. The molecule has 7 heteroatoms. The Labute approximate surface area is 139 Å². The molecule has 2 N–H and O–H groups in total. The number of azo groups is 1. The fraction of sp³-hybridized carbons (Fsp3) is 0.471. The summed E-state index contributed by atoms with van der Waals surface area (Å²) in [5, 5.41) is 26.5. The molecule has 3 aliphatic rings. The molecule has 3 atom stereocenters. The van der Waals surface area contributed by atoms with Gasteiger partial charge in [0.2, 0.25) is 0 Å². The molecule has 0 amide bonds. The minimum Gasteiger partial charge on any atom is -0.491 e. The Kier molecular flexibility index (Phi) is 3.09. The van der Waals surface area contributed by atoms with Gasteiger partial charge in [-0.25, -0.2) is 4.68 Å². The van der Waals surface area contributed by atoms with Crippen LogP contribution in [-0.2, 0) is 4.74 Å². The van der Waals surface area contributed by atoms with Crippen LogP contribution >= 0.6 is 0 Å². The zero-order chi connectivity index (χ0) is 16.1. The molecule has 7 nitrogen and oxygen atoms in total. The molecule has 2 aliphatic heterocycles. The normalized spacial score (nSPS) is 28.6. The first-order valence-corrected chi connectivity index (χ1v) is 8.47. The molecular weight excluding hydrogens is 306 g/mol. The third kappa shape index (κ3) is 2.19. The van der Waals surface area contributed by atoms with E-state index in [4.69, 9.17) is 4.74 Å². The van der Waals surface area contributed by atoms with Crippen LogP contribution in [0.5, 0.6) is 5.88 Å². The first kappa shape index (κ1) is 14.0. The summed E-state index contributed by atoms with van der Waals surface area (Å²) >= 11 is 0. The maximum absolute atomic E-state index is 10.3. The largest absolute Gasteiger partial charge is 0.491 e. The summed E-state index contributed by atoms with van der Waals surface area (Å²) in [4.78, 5) is 0. The molecule has 0 spiro atoms. The number of nitrogens with zero attached hydrogens (tertiary/aromatic N) is 4. The summed E-state index contributed by atoms with van der Waals surface area (Å²) in [7, 11) is 0. The van der Waals surface area contributed by atoms with E-state index in [1.165, 1.54) is 12.8 Å². The number of hydrogen-bond donors (Lipinski definition) is 2. The lowest BCUT2D eigenvalue weighted by Gasteiger charge is -2.35. The molecular formula is C17H19N5O2. The van der Waals surface area contributed by atoms with Gasteiger partial charge in [0.25, 0.3) is 5.88 Å². The Morgan fingerprint density at radius 1 is 1.17 bits per heavy atom. The standard InChI is InChI=1S/C17H19N5O2/c23-16-14(20-19-11-4-2-1-3-5-11)15-18-13(10-6-7-10)12-8-9-24-17(12)22(15)21-16/h1-5,10,12-13,17-18H,6-9H2,(H,21,23)/b20-19+. The van der Waals surface area contributed by atoms with Gasteiger partial charge in [0, 0.05) is 18.6 Å². The number of nitrogens with one attached hydrogen (secondary N) is 1. The molecule has 124 valence electrons. The van der Waals surface area contributed by atoms with Gasteiger partial charge in [-0.05, 0) is 37.3 Å². The summed E-state index contributed by atoms with van der Waals surface area (Å²) < 4.78 is 7.64. The molecule has 24 heavy (non-hydrogen) atoms. The summed E-state index contributed by atoms with van der Waals surface area (Å²) in [6.45, 7) is 0.737. The predicted octanol–water partition coefficient (Wildman–Crippen LogP) is 3.74. The van der Waals surface area contributed by atoms with E-state index in [1.807, 2.05) is 30.3 Å². The van der Waals surface area contributed by atoms with E-state index in [9.17, 15) is 5.11 Å². The lowest BCUT2D eigenvalue weighted by molar-refractivity contribution is 0.0112. The van der Waals surface area contributed by atoms with Crippen molar-refractivity contribution in [1.82, 2.24) is 9.78 Å². The fourth-order valence-electron chi connectivity index (χ4n) is 3.81. The van der Waals surface area contributed by atoms with Crippen molar-refractivity contribution in [1.29, 1.82) is 0 Å². The van der Waals surface area contributed by atoms with Crippen LogP contribution in [0.25, 0.3) is 0 Å². The zero-order valence-corrected chi connectivity index (χ0v) is 13.2. The molecule has 1 aromatic heterocycles. The second-order valence-electron chi connectivity index (χ2n) is 6.72. The van der Waals surface area contributed by atoms with Gasteiger partial charge in [-0.2, -0.15) is 5.11 Å². The molecule has 1 aliphatic carbocycles. The van der Waals surface area contributed by atoms with Crippen LogP contribution in [0, 0.1) is 11.8 Å². The highest BCUT2D eigenvalue weighted by atomic mass is 16.5. The van der Waals surface area contributed by atoms with Crippen LogP contribution in [0.3, 0.4) is 0 Å². The molecule has 5 rings (SSSR count). The number of benzene rings is 1. The second-order valence-corrected chi connectivity index (χ2v) is 6.72. The third-order valence-electron chi connectivity index (χ3n) is 5.13. The van der Waals surface area contributed by atoms with E-state index in [0.717, 1.165) is 18.7 Å². The van der Waals surface area contributed by atoms with Gasteiger partial charge in [0.05, 0.1) is 5.69 Å². The van der Waals surface area contributed by atoms with Crippen LogP contribution in [0.1, 0.15) is 25.5 Å². The van der Waals surface area contributed by atoms with Crippen molar-refractivity contribution in [2.45, 2.75) is 31.5 Å². The van der Waals surface area contributed by atoms with Gasteiger partial charge < -0.3 is 15.2 Å². The Balaban J connectivity index is 1.53. The number of anilines is 1. The van der Waals surface area contributed by atoms with Gasteiger partial charge in [-0.1, -0.05) is 18.2 Å². The van der Waals surface area contributed by atoms with E-state index < -0.39 is 0 Å². The van der Waals surface area contributed by atoms with Gasteiger partial charge >= 0.3 is 0 Å². The van der Waals surface area contributed by atoms with Crippen molar-refractivity contribution >= 4 is 17.2 Å². The van der Waals surface area contributed by atoms with Gasteiger partial charge in [0.1, 0.15) is 0 Å². The van der Waals surface area contributed by atoms with E-state index >= 15 is 0 Å². The molecule has 0 bridgehead atoms. The van der Waals surface area contributed by atoms with Crippen LogP contribution < -0.4 is 5.32 Å². The molecule has 2 fully saturated rings. The molecule has 3 unspecified atom stereocenters. The van der Waals surface area contributed by atoms with Crippen LogP contribution in [0.4, 0.5) is 17.2 Å². The van der Waals surface area contributed by atoms with E-state index in [1.54, 1.807) is 4.68 Å². The fourth-order valence-corrected chi connectivity index (χ4v) is 3.81. The number of aromatic hydroxyl groups is 1. The van der Waals surface area contributed by atoms with Crippen LogP contribution in [0.2, 0.25) is 0 Å². The second kappa shape index (κ2) is 5.31. The molecule has 2 aromatic rings. The van der Waals surface area contributed by atoms with Crippen LogP contribution in [-0.4, -0.2) is 27.5 Å². The molecule has 3 heterocycles. The molecule has 1 saturated carbocycles. The minimum absolute atomic E-state index is 0.108. The lowest BCUT2D eigenvalue weighted by Crippen LogP contribution is -2.40. The van der Waals surface area contributed by atoms with Crippen molar-refractivity contribution in [2.24, 2.45) is 22.1 Å². The quantitative estimate of drug-likeness (QED) is 0.842. The summed E-state index contributed by atoms with van der Waals surface area (Å²) in [6, 6.07) is 9.84. The Morgan fingerprint density at radius 3 is 2.79 bits per heavy atom.